The summed E-state index contributed by atoms with van der Waals surface area (Å²) in [5.74, 6) is 1.23. The predicted molar refractivity (Wildman–Crippen MR) is 86.5 cm³/mol. The summed E-state index contributed by atoms with van der Waals surface area (Å²) < 4.78 is 29.4. The lowest BCUT2D eigenvalue weighted by Gasteiger charge is -2.24. The van der Waals surface area contributed by atoms with E-state index in [-0.39, 0.29) is 0 Å². The predicted octanol–water partition coefficient (Wildman–Crippen LogP) is 1.95. The highest BCUT2D eigenvalue weighted by molar-refractivity contribution is 7.89. The zero-order valence-corrected chi connectivity index (χ0v) is 14.8. The van der Waals surface area contributed by atoms with Crippen LogP contribution in [0.3, 0.4) is 0 Å². The van der Waals surface area contributed by atoms with E-state index in [1.807, 2.05) is 18.7 Å². The third-order valence-electron chi connectivity index (χ3n) is 3.97. The third kappa shape index (κ3) is 4.83. The van der Waals surface area contributed by atoms with Crippen LogP contribution < -0.4 is 10.0 Å². The molecule has 1 aromatic rings. The Hall–Kier alpha value is -0.850. The second-order valence-corrected chi connectivity index (χ2v) is 8.08. The molecule has 0 radical (unpaired) electrons. The summed E-state index contributed by atoms with van der Waals surface area (Å²) >= 11 is 0. The highest BCUT2D eigenvalue weighted by atomic mass is 32.2. The average Bonchev–Trinajstić information content (AvgIpc) is 2.71. The number of nitrogens with one attached hydrogen (secondary N) is 2. The second kappa shape index (κ2) is 7.42. The standard InChI is InChI=1S/C15H29N3O2S/c1-11(2)15(12(3)4)9-17-21(19,20)14-7-13(8-16-5)18(6)10-14/h7,10-12,15-17H,8-9H2,1-6H3. The molecule has 0 saturated heterocycles. The SMILES string of the molecule is CNCc1cc(S(=O)(=O)NCC(C(C)C)C(C)C)cn1C. The summed E-state index contributed by atoms with van der Waals surface area (Å²) in [4.78, 5) is 0.335. The quantitative estimate of drug-likeness (QED) is 0.771. The van der Waals surface area contributed by atoms with E-state index in [1.165, 1.54) is 0 Å². The molecule has 0 aliphatic heterocycles. The van der Waals surface area contributed by atoms with Crippen LogP contribution in [0.4, 0.5) is 0 Å². The van der Waals surface area contributed by atoms with Gasteiger partial charge in [-0.2, -0.15) is 0 Å². The first-order valence-electron chi connectivity index (χ1n) is 7.48. The summed E-state index contributed by atoms with van der Waals surface area (Å²) in [5, 5.41) is 3.03. The van der Waals surface area contributed by atoms with Crippen LogP contribution >= 0.6 is 0 Å². The molecule has 6 heteroatoms. The number of nitrogens with zero attached hydrogens (tertiary/aromatic N) is 1. The molecule has 0 spiro atoms. The van der Waals surface area contributed by atoms with Gasteiger partial charge in [0.1, 0.15) is 0 Å². The molecule has 1 aromatic heterocycles. The number of sulfonamides is 1. The van der Waals surface area contributed by atoms with Crippen molar-refractivity contribution in [1.82, 2.24) is 14.6 Å². The van der Waals surface area contributed by atoms with Crippen molar-refractivity contribution in [3.05, 3.63) is 18.0 Å². The molecule has 5 nitrogen and oxygen atoms in total. The van der Waals surface area contributed by atoms with E-state index in [2.05, 4.69) is 37.7 Å². The average molecular weight is 315 g/mol. The Labute approximate surface area is 129 Å². The topological polar surface area (TPSA) is 63.1 Å². The van der Waals surface area contributed by atoms with Crippen molar-refractivity contribution in [2.75, 3.05) is 13.6 Å². The summed E-state index contributed by atoms with van der Waals surface area (Å²) in [6, 6.07) is 1.72. The molecule has 0 fully saturated rings. The minimum absolute atomic E-state index is 0.334. The summed E-state index contributed by atoms with van der Waals surface area (Å²) in [5.41, 5.74) is 0.946. The van der Waals surface area contributed by atoms with Crippen LogP contribution in [-0.2, 0) is 23.6 Å². The van der Waals surface area contributed by atoms with E-state index in [9.17, 15) is 8.42 Å². The molecule has 21 heavy (non-hydrogen) atoms. The molecule has 0 unspecified atom stereocenters. The second-order valence-electron chi connectivity index (χ2n) is 6.31. The van der Waals surface area contributed by atoms with E-state index >= 15 is 0 Å². The number of aryl methyl sites for hydroxylation is 1. The molecular formula is C15H29N3O2S. The number of aromatic nitrogens is 1. The van der Waals surface area contributed by atoms with Gasteiger partial charge in [-0.25, -0.2) is 13.1 Å². The van der Waals surface area contributed by atoms with Crippen LogP contribution in [0.1, 0.15) is 33.4 Å². The molecule has 0 amide bonds. The third-order valence-corrected chi connectivity index (χ3v) is 5.36. The van der Waals surface area contributed by atoms with Gasteiger partial charge in [-0.15, -0.1) is 0 Å². The lowest BCUT2D eigenvalue weighted by atomic mass is 9.86. The first-order valence-corrected chi connectivity index (χ1v) is 8.96. The van der Waals surface area contributed by atoms with Crippen LogP contribution in [0.5, 0.6) is 0 Å². The molecule has 1 rings (SSSR count). The Kier molecular flexibility index (Phi) is 6.43. The first-order chi connectivity index (χ1) is 9.69. The van der Waals surface area contributed by atoms with Crippen LogP contribution in [0.2, 0.25) is 0 Å². The number of rotatable bonds is 8. The maximum absolute atomic E-state index is 12.4. The molecule has 0 saturated carbocycles. The maximum atomic E-state index is 12.4. The molecule has 0 bridgehead atoms. The van der Waals surface area contributed by atoms with Crippen LogP contribution in [0, 0.1) is 17.8 Å². The lowest BCUT2D eigenvalue weighted by molar-refractivity contribution is 0.289. The largest absolute Gasteiger partial charge is 0.352 e. The van der Waals surface area contributed by atoms with Crippen molar-refractivity contribution < 1.29 is 8.42 Å². The summed E-state index contributed by atoms with van der Waals surface area (Å²) in [7, 11) is 0.259. The highest BCUT2D eigenvalue weighted by Gasteiger charge is 2.22. The Morgan fingerprint density at radius 2 is 1.76 bits per heavy atom. The van der Waals surface area contributed by atoms with Crippen LogP contribution in [0.25, 0.3) is 0 Å². The van der Waals surface area contributed by atoms with Gasteiger partial charge in [-0.1, -0.05) is 27.7 Å². The van der Waals surface area contributed by atoms with Crippen molar-refractivity contribution in [3.8, 4) is 0 Å². The van der Waals surface area contributed by atoms with Gasteiger partial charge < -0.3 is 9.88 Å². The summed E-state index contributed by atoms with van der Waals surface area (Å²) in [6.07, 6.45) is 1.66. The van der Waals surface area contributed by atoms with Gasteiger partial charge in [0.05, 0.1) is 4.90 Å². The molecule has 0 aromatic carbocycles. The van der Waals surface area contributed by atoms with Gasteiger partial charge in [0.25, 0.3) is 0 Å². The zero-order chi connectivity index (χ0) is 16.2. The van der Waals surface area contributed by atoms with Crippen molar-refractivity contribution in [1.29, 1.82) is 0 Å². The van der Waals surface area contributed by atoms with Gasteiger partial charge in [0.2, 0.25) is 10.0 Å². The summed E-state index contributed by atoms with van der Waals surface area (Å²) in [6.45, 7) is 9.65. The monoisotopic (exact) mass is 315 g/mol. The van der Waals surface area contributed by atoms with Crippen molar-refractivity contribution in [2.24, 2.45) is 24.8 Å². The fraction of sp³-hybridized carbons (Fsp3) is 0.733. The van der Waals surface area contributed by atoms with Gasteiger partial charge in [-0.05, 0) is 30.9 Å². The van der Waals surface area contributed by atoms with Gasteiger partial charge in [0, 0.05) is 32.0 Å². The maximum Gasteiger partial charge on any atom is 0.242 e. The fourth-order valence-electron chi connectivity index (χ4n) is 2.61. The number of hydrogen-bond acceptors (Lipinski definition) is 3. The van der Waals surface area contributed by atoms with Crippen molar-refractivity contribution in [2.45, 2.75) is 39.1 Å². The molecular weight excluding hydrogens is 286 g/mol. The minimum atomic E-state index is -3.44. The Morgan fingerprint density at radius 1 is 1.19 bits per heavy atom. The molecule has 0 aliphatic carbocycles. The van der Waals surface area contributed by atoms with Crippen LogP contribution in [0.15, 0.2) is 17.2 Å². The highest BCUT2D eigenvalue weighted by Crippen LogP contribution is 2.21. The minimum Gasteiger partial charge on any atom is -0.352 e. The Morgan fingerprint density at radius 3 is 2.24 bits per heavy atom. The fourth-order valence-corrected chi connectivity index (χ4v) is 3.78. The molecule has 1 heterocycles. The Bertz CT molecular complexity index is 539. The first kappa shape index (κ1) is 18.2. The van der Waals surface area contributed by atoms with Gasteiger partial charge >= 0.3 is 0 Å². The zero-order valence-electron chi connectivity index (χ0n) is 14.0. The normalized spacial score (nSPS) is 12.8. The van der Waals surface area contributed by atoms with E-state index in [4.69, 9.17) is 0 Å². The van der Waals surface area contributed by atoms with Crippen molar-refractivity contribution in [3.63, 3.8) is 0 Å². The number of hydrogen-bond donors (Lipinski definition) is 2. The van der Waals surface area contributed by atoms with E-state index < -0.39 is 10.0 Å². The molecule has 0 atom stereocenters. The van der Waals surface area contributed by atoms with Crippen LogP contribution in [-0.4, -0.2) is 26.6 Å². The van der Waals surface area contributed by atoms with Crippen molar-refractivity contribution >= 4 is 10.0 Å². The molecule has 122 valence electrons. The smallest absolute Gasteiger partial charge is 0.242 e. The van der Waals surface area contributed by atoms with Gasteiger partial charge in [-0.3, -0.25) is 0 Å². The Balaban J connectivity index is 2.84. The van der Waals surface area contributed by atoms with E-state index in [0.717, 1.165) is 5.69 Å². The molecule has 0 aliphatic rings. The molecule has 2 N–H and O–H groups in total. The van der Waals surface area contributed by atoms with E-state index in [1.54, 1.807) is 12.3 Å². The van der Waals surface area contributed by atoms with Gasteiger partial charge in [0.15, 0.2) is 0 Å². The van der Waals surface area contributed by atoms with E-state index in [0.29, 0.717) is 35.7 Å². The lowest BCUT2D eigenvalue weighted by Crippen LogP contribution is -2.33.